The van der Waals surface area contributed by atoms with Crippen LogP contribution in [0.15, 0.2) is 46.8 Å². The van der Waals surface area contributed by atoms with Crippen LogP contribution in [0.25, 0.3) is 0 Å². The zero-order chi connectivity index (χ0) is 25.5. The number of benzene rings is 1. The molecule has 0 spiro atoms. The summed E-state index contributed by atoms with van der Waals surface area (Å²) in [5, 5.41) is 3.26. The van der Waals surface area contributed by atoms with E-state index in [1.54, 1.807) is 6.92 Å². The van der Waals surface area contributed by atoms with Gasteiger partial charge in [0.1, 0.15) is 18.3 Å². The molecule has 2 aliphatic rings. The zero-order valence-corrected chi connectivity index (χ0v) is 21.1. The average Bonchev–Trinajstić information content (AvgIpc) is 2.84. The molecule has 3 rings (SSSR count). The van der Waals surface area contributed by atoms with Gasteiger partial charge in [0.2, 0.25) is 0 Å². The number of allylic oxidation sites excluding steroid dienone is 3. The van der Waals surface area contributed by atoms with Gasteiger partial charge in [0, 0.05) is 29.5 Å². The molecular weight excluding hydrogens is 450 g/mol. The summed E-state index contributed by atoms with van der Waals surface area (Å²) in [5.41, 5.74) is 2.84. The average molecular weight is 486 g/mol. The lowest BCUT2D eigenvalue weighted by Crippen LogP contribution is -2.43. The molecule has 35 heavy (non-hydrogen) atoms. The van der Waals surface area contributed by atoms with Gasteiger partial charge in [0.15, 0.2) is 5.78 Å². The molecule has 190 valence electrons. The zero-order valence-electron chi connectivity index (χ0n) is 21.1. The molecule has 1 aliphatic carbocycles. The Kier molecular flexibility index (Phi) is 9.09. The van der Waals surface area contributed by atoms with E-state index in [4.69, 9.17) is 18.9 Å². The van der Waals surface area contributed by atoms with E-state index in [9.17, 15) is 14.4 Å². The van der Waals surface area contributed by atoms with Gasteiger partial charge in [-0.2, -0.15) is 0 Å². The van der Waals surface area contributed by atoms with E-state index in [0.29, 0.717) is 42.2 Å². The van der Waals surface area contributed by atoms with Crippen molar-refractivity contribution in [1.29, 1.82) is 0 Å². The van der Waals surface area contributed by atoms with E-state index in [-0.39, 0.29) is 24.9 Å². The molecule has 0 bridgehead atoms. The number of hydrogen-bond acceptors (Lipinski definition) is 8. The van der Waals surface area contributed by atoms with Crippen LogP contribution in [0.1, 0.15) is 52.0 Å². The summed E-state index contributed by atoms with van der Waals surface area (Å²) in [6.45, 7) is 9.05. The lowest BCUT2D eigenvalue weighted by molar-refractivity contribution is -0.151. The Bertz CT molecular complexity index is 1010. The van der Waals surface area contributed by atoms with Gasteiger partial charge in [0.25, 0.3) is 0 Å². The SMILES string of the molecule is CCCOc1ccc(C2C(C(=O)OCCOCC)=C(C)NC3=C2C(=O)C(C(=O)OC)C(C)C3)cc1. The molecule has 8 heteroatoms. The highest BCUT2D eigenvalue weighted by atomic mass is 16.6. The van der Waals surface area contributed by atoms with E-state index in [0.717, 1.165) is 17.7 Å². The lowest BCUT2D eigenvalue weighted by atomic mass is 9.69. The molecular formula is C27H35NO7. The molecule has 0 aromatic heterocycles. The highest BCUT2D eigenvalue weighted by Crippen LogP contribution is 2.45. The van der Waals surface area contributed by atoms with Crippen molar-refractivity contribution in [3.05, 3.63) is 52.4 Å². The topological polar surface area (TPSA) is 100 Å². The van der Waals surface area contributed by atoms with Crippen LogP contribution in [-0.4, -0.2) is 51.3 Å². The van der Waals surface area contributed by atoms with Crippen molar-refractivity contribution in [3.8, 4) is 5.75 Å². The summed E-state index contributed by atoms with van der Waals surface area (Å²) in [6.07, 6.45) is 1.37. The molecule has 0 amide bonds. The third-order valence-electron chi connectivity index (χ3n) is 6.31. The predicted molar refractivity (Wildman–Crippen MR) is 130 cm³/mol. The third kappa shape index (κ3) is 5.75. The number of carbonyl (C=O) groups is 3. The fourth-order valence-corrected chi connectivity index (χ4v) is 4.68. The Morgan fingerprint density at radius 2 is 1.80 bits per heavy atom. The lowest BCUT2D eigenvalue weighted by Gasteiger charge is -2.38. The van der Waals surface area contributed by atoms with Crippen molar-refractivity contribution in [2.75, 3.05) is 33.5 Å². The monoisotopic (exact) mass is 485 g/mol. The van der Waals surface area contributed by atoms with E-state index in [1.807, 2.05) is 45.0 Å². The van der Waals surface area contributed by atoms with Crippen LogP contribution >= 0.6 is 0 Å². The highest BCUT2D eigenvalue weighted by molar-refractivity contribution is 6.12. The first-order chi connectivity index (χ1) is 16.8. The summed E-state index contributed by atoms with van der Waals surface area (Å²) in [5.74, 6) is -2.57. The summed E-state index contributed by atoms with van der Waals surface area (Å²) in [7, 11) is 1.28. The smallest absolute Gasteiger partial charge is 0.336 e. The Labute approximate surface area is 206 Å². The largest absolute Gasteiger partial charge is 0.494 e. The molecule has 1 heterocycles. The van der Waals surface area contributed by atoms with E-state index in [1.165, 1.54) is 7.11 Å². The molecule has 3 unspecified atom stereocenters. The third-order valence-corrected chi connectivity index (χ3v) is 6.31. The van der Waals surface area contributed by atoms with Gasteiger partial charge in [-0.1, -0.05) is 26.0 Å². The number of esters is 2. The van der Waals surface area contributed by atoms with E-state index < -0.39 is 23.8 Å². The number of Topliss-reactive ketones (excluding diaryl/α,β-unsaturated/α-hetero) is 1. The van der Waals surface area contributed by atoms with Crippen molar-refractivity contribution < 1.29 is 33.3 Å². The first-order valence-electron chi connectivity index (χ1n) is 12.1. The molecule has 0 fully saturated rings. The quantitative estimate of drug-likeness (QED) is 0.304. The fourth-order valence-electron chi connectivity index (χ4n) is 4.68. The number of ketones is 1. The van der Waals surface area contributed by atoms with Gasteiger partial charge in [-0.25, -0.2) is 4.79 Å². The van der Waals surface area contributed by atoms with Crippen LogP contribution in [0.4, 0.5) is 0 Å². The number of rotatable bonds is 10. The van der Waals surface area contributed by atoms with Crippen LogP contribution < -0.4 is 10.1 Å². The summed E-state index contributed by atoms with van der Waals surface area (Å²) in [4.78, 5) is 39.5. The molecule has 1 aromatic rings. The van der Waals surface area contributed by atoms with Gasteiger partial charge < -0.3 is 24.3 Å². The maximum atomic E-state index is 13.7. The summed E-state index contributed by atoms with van der Waals surface area (Å²) >= 11 is 0. The number of ether oxygens (including phenoxy) is 4. The van der Waals surface area contributed by atoms with Crippen LogP contribution in [0.3, 0.4) is 0 Å². The van der Waals surface area contributed by atoms with Crippen LogP contribution in [0, 0.1) is 11.8 Å². The minimum absolute atomic E-state index is 0.0988. The standard InChI is InChI=1S/C27H35NO7/c1-6-12-34-19-10-8-18(9-11-19)23-22(27(31)35-14-13-33-7-2)17(4)28-20-15-16(3)21(26(30)32-5)25(29)24(20)23/h8-11,16,21,23,28H,6-7,12-15H2,1-5H3. The maximum absolute atomic E-state index is 13.7. The highest BCUT2D eigenvalue weighted by Gasteiger charge is 2.47. The van der Waals surface area contributed by atoms with Gasteiger partial charge >= 0.3 is 11.9 Å². The Balaban J connectivity index is 2.04. The van der Waals surface area contributed by atoms with Crippen molar-refractivity contribution in [2.24, 2.45) is 11.8 Å². The minimum Gasteiger partial charge on any atom is -0.494 e. The van der Waals surface area contributed by atoms with Gasteiger partial charge in [-0.15, -0.1) is 0 Å². The van der Waals surface area contributed by atoms with Gasteiger partial charge in [0.05, 0.1) is 25.9 Å². The van der Waals surface area contributed by atoms with E-state index >= 15 is 0 Å². The molecule has 8 nitrogen and oxygen atoms in total. The van der Waals surface area contributed by atoms with Crippen LogP contribution in [0.5, 0.6) is 5.75 Å². The van der Waals surface area contributed by atoms with Crippen molar-refractivity contribution in [3.63, 3.8) is 0 Å². The Morgan fingerprint density at radius 1 is 1.09 bits per heavy atom. The van der Waals surface area contributed by atoms with Crippen LogP contribution in [-0.2, 0) is 28.6 Å². The van der Waals surface area contributed by atoms with Crippen molar-refractivity contribution in [2.45, 2.75) is 46.5 Å². The number of carbonyl (C=O) groups excluding carboxylic acids is 3. The number of hydrogen-bond donors (Lipinski definition) is 1. The second kappa shape index (κ2) is 12.0. The van der Waals surface area contributed by atoms with Gasteiger partial charge in [-0.05, 0) is 50.3 Å². The molecule has 0 radical (unpaired) electrons. The normalized spacial score (nSPS) is 21.9. The number of dihydropyridines is 1. The van der Waals surface area contributed by atoms with Crippen LogP contribution in [0.2, 0.25) is 0 Å². The van der Waals surface area contributed by atoms with Crippen molar-refractivity contribution in [1.82, 2.24) is 5.32 Å². The second-order valence-electron chi connectivity index (χ2n) is 8.79. The summed E-state index contributed by atoms with van der Waals surface area (Å²) in [6, 6.07) is 7.36. The number of nitrogens with one attached hydrogen (secondary N) is 1. The Morgan fingerprint density at radius 3 is 2.43 bits per heavy atom. The number of methoxy groups -OCH3 is 1. The van der Waals surface area contributed by atoms with Crippen molar-refractivity contribution >= 4 is 17.7 Å². The second-order valence-corrected chi connectivity index (χ2v) is 8.79. The molecule has 0 saturated carbocycles. The molecule has 1 aromatic carbocycles. The first-order valence-corrected chi connectivity index (χ1v) is 12.1. The molecule has 1 aliphatic heterocycles. The maximum Gasteiger partial charge on any atom is 0.336 e. The molecule has 0 saturated heterocycles. The molecule has 3 atom stereocenters. The Hall–Kier alpha value is -3.13. The molecule has 1 N–H and O–H groups in total. The fraction of sp³-hybridized carbons (Fsp3) is 0.519. The van der Waals surface area contributed by atoms with E-state index in [2.05, 4.69) is 5.32 Å². The first kappa shape index (κ1) is 26.5. The summed E-state index contributed by atoms with van der Waals surface area (Å²) < 4.78 is 21.4. The minimum atomic E-state index is -0.927. The predicted octanol–water partition coefficient (Wildman–Crippen LogP) is 3.67. The van der Waals surface area contributed by atoms with Gasteiger partial charge in [-0.3, -0.25) is 9.59 Å².